The van der Waals surface area contributed by atoms with Crippen LogP contribution in [0.1, 0.15) is 48.5 Å². The Morgan fingerprint density at radius 2 is 1.76 bits per heavy atom. The number of amides is 1. The molecule has 1 aliphatic rings. The van der Waals surface area contributed by atoms with Crippen molar-refractivity contribution in [1.29, 1.82) is 0 Å². The number of unbranched alkanes of at least 4 members (excludes halogenated alkanes) is 2. The summed E-state index contributed by atoms with van der Waals surface area (Å²) in [5, 5.41) is 12.5. The molecule has 0 bridgehead atoms. The third-order valence-electron chi connectivity index (χ3n) is 5.11. The first-order valence-electron chi connectivity index (χ1n) is 10.4. The van der Waals surface area contributed by atoms with Crippen molar-refractivity contribution in [3.8, 4) is 0 Å². The Kier molecular flexibility index (Phi) is 7.75. The van der Waals surface area contributed by atoms with Gasteiger partial charge in [-0.05, 0) is 36.6 Å². The van der Waals surface area contributed by atoms with E-state index in [9.17, 15) is 31.5 Å². The molecular weight excluding hydrogens is 459 g/mol. The minimum absolute atomic E-state index is 0.152. The number of aliphatic hydroxyl groups is 1. The molecule has 0 aliphatic carbocycles. The summed E-state index contributed by atoms with van der Waals surface area (Å²) >= 11 is 0. The first kappa shape index (κ1) is 24.7. The number of fused-ring (bicyclic) bond motifs is 1. The van der Waals surface area contributed by atoms with Crippen LogP contribution in [0, 0.1) is 0 Å². The van der Waals surface area contributed by atoms with Crippen LogP contribution >= 0.6 is 0 Å². The van der Waals surface area contributed by atoms with Crippen molar-refractivity contribution in [3.63, 3.8) is 0 Å². The molecule has 1 atom stereocenters. The lowest BCUT2D eigenvalue weighted by Gasteiger charge is -2.17. The van der Waals surface area contributed by atoms with Crippen LogP contribution in [-0.2, 0) is 21.0 Å². The molecule has 1 aliphatic heterocycles. The highest BCUT2D eigenvalue weighted by atomic mass is 32.2. The summed E-state index contributed by atoms with van der Waals surface area (Å²) < 4.78 is 65.6. The quantitative estimate of drug-likeness (QED) is 0.476. The second-order valence-corrected chi connectivity index (χ2v) is 9.20. The summed E-state index contributed by atoms with van der Waals surface area (Å²) in [5.74, 6) is -0.0706. The molecule has 0 spiro atoms. The molecular formula is C22H24F3N3O4S. The van der Waals surface area contributed by atoms with Crippen LogP contribution < -0.4 is 10.0 Å². The molecule has 1 heterocycles. The van der Waals surface area contributed by atoms with Crippen molar-refractivity contribution < 1.29 is 31.5 Å². The van der Waals surface area contributed by atoms with Gasteiger partial charge in [-0.15, -0.1) is 0 Å². The zero-order valence-corrected chi connectivity index (χ0v) is 18.4. The van der Waals surface area contributed by atoms with Crippen LogP contribution in [0.15, 0.2) is 58.4 Å². The number of nitrogens with one attached hydrogen (secondary N) is 2. The number of benzene rings is 2. The predicted octanol–water partition coefficient (Wildman–Crippen LogP) is 3.15. The molecule has 2 aromatic rings. The number of carbonyl (C=O) groups excluding carboxylic acids is 1. The van der Waals surface area contributed by atoms with Gasteiger partial charge < -0.3 is 10.4 Å². The Labute approximate surface area is 189 Å². The van der Waals surface area contributed by atoms with Gasteiger partial charge in [0.25, 0.3) is 10.0 Å². The number of nitrogens with zero attached hydrogens (tertiary/aromatic N) is 1. The number of carbonyl (C=O) groups is 1. The number of alkyl halides is 3. The van der Waals surface area contributed by atoms with Gasteiger partial charge in [0.15, 0.2) is 0 Å². The maximum Gasteiger partial charge on any atom is 0.416 e. The normalized spacial score (nSPS) is 16.8. The number of hydrogen-bond donors (Lipinski definition) is 3. The van der Waals surface area contributed by atoms with Crippen LogP contribution in [0.5, 0.6) is 0 Å². The summed E-state index contributed by atoms with van der Waals surface area (Å²) in [4.78, 5) is 16.5. The zero-order chi connectivity index (χ0) is 24.1. The number of rotatable bonds is 9. The Morgan fingerprint density at radius 1 is 1.06 bits per heavy atom. The molecule has 3 rings (SSSR count). The molecule has 1 amide bonds. The molecule has 3 N–H and O–H groups in total. The number of sulfonamides is 1. The molecule has 1 unspecified atom stereocenters. The van der Waals surface area contributed by atoms with Gasteiger partial charge in [0.1, 0.15) is 5.84 Å². The Hall–Kier alpha value is -2.92. The van der Waals surface area contributed by atoms with Gasteiger partial charge in [-0.3, -0.25) is 14.5 Å². The maximum absolute atomic E-state index is 13.0. The second-order valence-electron chi connectivity index (χ2n) is 7.55. The number of halogens is 3. The highest BCUT2D eigenvalue weighted by molar-refractivity contribution is 7.90. The van der Waals surface area contributed by atoms with Crippen LogP contribution in [0.25, 0.3) is 0 Å². The van der Waals surface area contributed by atoms with Crippen LogP contribution in [-0.4, -0.2) is 38.4 Å². The van der Waals surface area contributed by atoms with E-state index < -0.39 is 27.9 Å². The molecule has 0 saturated carbocycles. The Balaban J connectivity index is 1.39. The minimum Gasteiger partial charge on any atom is -0.387 e. The summed E-state index contributed by atoms with van der Waals surface area (Å²) in [6, 6.07) is 11.3. The van der Waals surface area contributed by atoms with E-state index in [1.807, 2.05) is 0 Å². The van der Waals surface area contributed by atoms with E-state index in [1.54, 1.807) is 18.2 Å². The van der Waals surface area contributed by atoms with E-state index in [1.165, 1.54) is 24.3 Å². The monoisotopic (exact) mass is 483 g/mol. The van der Waals surface area contributed by atoms with Gasteiger partial charge in [-0.1, -0.05) is 36.8 Å². The molecule has 11 heteroatoms. The summed E-state index contributed by atoms with van der Waals surface area (Å²) in [7, 11) is -3.57. The first-order valence-corrected chi connectivity index (χ1v) is 11.9. The average molecular weight is 484 g/mol. The molecule has 0 radical (unpaired) electrons. The van der Waals surface area contributed by atoms with Gasteiger partial charge in [-0.25, -0.2) is 8.42 Å². The van der Waals surface area contributed by atoms with Crippen molar-refractivity contribution in [2.24, 2.45) is 4.99 Å². The van der Waals surface area contributed by atoms with Crippen molar-refractivity contribution in [2.45, 2.75) is 42.9 Å². The van der Waals surface area contributed by atoms with Gasteiger partial charge in [0.05, 0.1) is 16.6 Å². The second kappa shape index (κ2) is 10.3. The number of hydrogen-bond acceptors (Lipinski definition) is 5. The third kappa shape index (κ3) is 6.32. The predicted molar refractivity (Wildman–Crippen MR) is 116 cm³/mol. The molecule has 178 valence electrons. The van der Waals surface area contributed by atoms with Crippen molar-refractivity contribution in [2.75, 3.05) is 13.1 Å². The van der Waals surface area contributed by atoms with Gasteiger partial charge in [0.2, 0.25) is 5.91 Å². The molecule has 7 nitrogen and oxygen atoms in total. The Bertz CT molecular complexity index is 1130. The lowest BCUT2D eigenvalue weighted by atomic mass is 10.0. The van der Waals surface area contributed by atoms with E-state index in [0.29, 0.717) is 37.2 Å². The summed E-state index contributed by atoms with van der Waals surface area (Å²) in [6.45, 7) is 0.0554. The number of aliphatic hydroxyl groups excluding tert-OH is 1. The van der Waals surface area contributed by atoms with Crippen LogP contribution in [0.4, 0.5) is 13.2 Å². The maximum atomic E-state index is 13.0. The van der Waals surface area contributed by atoms with Crippen molar-refractivity contribution >= 4 is 21.8 Å². The van der Waals surface area contributed by atoms with E-state index in [-0.39, 0.29) is 29.3 Å². The minimum atomic E-state index is -4.59. The van der Waals surface area contributed by atoms with E-state index in [0.717, 1.165) is 6.07 Å². The molecule has 0 fully saturated rings. The van der Waals surface area contributed by atoms with Gasteiger partial charge >= 0.3 is 6.18 Å². The van der Waals surface area contributed by atoms with Crippen molar-refractivity contribution in [1.82, 2.24) is 10.0 Å². The summed E-state index contributed by atoms with van der Waals surface area (Å²) in [5.41, 5.74) is -0.684. The highest BCUT2D eigenvalue weighted by Gasteiger charge is 2.34. The Morgan fingerprint density at radius 3 is 2.52 bits per heavy atom. The van der Waals surface area contributed by atoms with E-state index in [4.69, 9.17) is 0 Å². The SMILES string of the molecule is O=C(CCCCCN=C1NS(=O)(=O)c2ccccc21)NCC(O)c1ccccc1C(F)(F)F. The van der Waals surface area contributed by atoms with E-state index in [2.05, 4.69) is 15.0 Å². The van der Waals surface area contributed by atoms with Gasteiger partial charge in [-0.2, -0.15) is 13.2 Å². The van der Waals surface area contributed by atoms with Gasteiger partial charge in [0, 0.05) is 25.1 Å². The topological polar surface area (TPSA) is 108 Å². The van der Waals surface area contributed by atoms with Crippen LogP contribution in [0.2, 0.25) is 0 Å². The highest BCUT2D eigenvalue weighted by Crippen LogP contribution is 2.34. The number of aliphatic imine (C=N–C) groups is 1. The third-order valence-corrected chi connectivity index (χ3v) is 6.51. The van der Waals surface area contributed by atoms with Crippen LogP contribution in [0.3, 0.4) is 0 Å². The summed E-state index contributed by atoms with van der Waals surface area (Å²) in [6.07, 6.45) is -4.11. The van der Waals surface area contributed by atoms with Crippen molar-refractivity contribution in [3.05, 3.63) is 65.2 Å². The fraction of sp³-hybridized carbons (Fsp3) is 0.364. The smallest absolute Gasteiger partial charge is 0.387 e. The molecule has 2 aromatic carbocycles. The molecule has 0 aromatic heterocycles. The lowest BCUT2D eigenvalue weighted by Crippen LogP contribution is -2.29. The van der Waals surface area contributed by atoms with E-state index >= 15 is 0 Å². The molecule has 0 saturated heterocycles. The standard InChI is InChI=1S/C22H24F3N3O4S/c23-22(24,25)17-10-5-3-8-15(17)18(29)14-27-20(30)12-2-1-7-13-26-21-16-9-4-6-11-19(16)33(31,32)28-21/h3-6,8-11,18,29H,1-2,7,12-14H2,(H,26,28)(H,27,30). The lowest BCUT2D eigenvalue weighted by molar-refractivity contribution is -0.139. The fourth-order valence-electron chi connectivity index (χ4n) is 3.47. The average Bonchev–Trinajstić information content (AvgIpc) is 3.04. The fourth-order valence-corrected chi connectivity index (χ4v) is 4.72. The number of amidine groups is 1. The molecule has 33 heavy (non-hydrogen) atoms. The largest absolute Gasteiger partial charge is 0.416 e. The zero-order valence-electron chi connectivity index (χ0n) is 17.6. The first-order chi connectivity index (χ1) is 15.6.